The van der Waals surface area contributed by atoms with Crippen LogP contribution in [0.5, 0.6) is 0 Å². The monoisotopic (exact) mass is 698 g/mol. The van der Waals surface area contributed by atoms with Crippen LogP contribution in [-0.2, 0) is 18.9 Å². The summed E-state index contributed by atoms with van der Waals surface area (Å²) in [6.45, 7) is 4.89. The minimum absolute atomic E-state index is 0.164. The van der Waals surface area contributed by atoms with E-state index in [1.165, 1.54) is 11.2 Å². The van der Waals surface area contributed by atoms with Crippen LogP contribution in [0.3, 0.4) is 0 Å². The number of aromatic nitrogens is 2. The molecule has 12 nitrogen and oxygen atoms in total. The molecular formula is C37H35ClN4O8. The van der Waals surface area contributed by atoms with Crippen molar-refractivity contribution in [2.24, 2.45) is 0 Å². The second-order valence-electron chi connectivity index (χ2n) is 12.8. The second kappa shape index (κ2) is 14.6. The number of ether oxygens (including phenoxy) is 4. The number of halogens is 1. The quantitative estimate of drug-likeness (QED) is 0.133. The first-order valence-electron chi connectivity index (χ1n) is 16.0. The van der Waals surface area contributed by atoms with Gasteiger partial charge in [0.2, 0.25) is 0 Å². The van der Waals surface area contributed by atoms with E-state index in [0.717, 1.165) is 0 Å². The van der Waals surface area contributed by atoms with Gasteiger partial charge in [0.05, 0.1) is 34.1 Å². The molecule has 0 saturated carbocycles. The lowest BCUT2D eigenvalue weighted by atomic mass is 9.92. The van der Waals surface area contributed by atoms with Gasteiger partial charge in [0.15, 0.2) is 17.4 Å². The van der Waals surface area contributed by atoms with E-state index in [4.69, 9.17) is 30.5 Å². The molecule has 5 atom stereocenters. The van der Waals surface area contributed by atoms with Crippen molar-refractivity contribution in [2.45, 2.75) is 56.6 Å². The molecule has 0 radical (unpaired) electrons. The molecule has 4 aromatic rings. The normalized spacial score (nSPS) is 21.0. The molecule has 1 aromatic heterocycles. The Morgan fingerprint density at radius 2 is 1.30 bits per heavy atom. The fourth-order valence-corrected chi connectivity index (χ4v) is 6.37. The molecule has 0 bridgehead atoms. The van der Waals surface area contributed by atoms with E-state index in [2.05, 4.69) is 15.3 Å². The number of carbonyl (C=O) groups excluding carboxylic acids is 4. The van der Waals surface area contributed by atoms with Crippen molar-refractivity contribution in [1.82, 2.24) is 14.9 Å². The zero-order chi connectivity index (χ0) is 35.4. The molecule has 6 rings (SSSR count). The van der Waals surface area contributed by atoms with Gasteiger partial charge in [-0.05, 0) is 57.2 Å². The lowest BCUT2D eigenvalue weighted by molar-refractivity contribution is -0.0379. The van der Waals surface area contributed by atoms with Crippen molar-refractivity contribution in [3.8, 4) is 0 Å². The van der Waals surface area contributed by atoms with Crippen molar-refractivity contribution < 1.29 is 38.1 Å². The maximum atomic E-state index is 14.3. The van der Waals surface area contributed by atoms with E-state index in [-0.39, 0.29) is 28.4 Å². The molecule has 3 heterocycles. The summed E-state index contributed by atoms with van der Waals surface area (Å²) in [6.07, 6.45) is -2.14. The number of hydrogen-bond acceptors (Lipinski definition) is 11. The van der Waals surface area contributed by atoms with E-state index in [0.29, 0.717) is 11.4 Å². The van der Waals surface area contributed by atoms with Crippen molar-refractivity contribution >= 4 is 41.3 Å². The average Bonchev–Trinajstić information content (AvgIpc) is 3.67. The van der Waals surface area contributed by atoms with Gasteiger partial charge in [0.25, 0.3) is 0 Å². The molecule has 3 aromatic carbocycles. The number of nitrogens with zero attached hydrogens (tertiary/aromatic N) is 3. The fraction of sp³-hybridized carbons (Fsp3) is 0.297. The smallest absolute Gasteiger partial charge is 0.411 e. The van der Waals surface area contributed by atoms with Crippen LogP contribution in [0.2, 0.25) is 5.15 Å². The lowest BCUT2D eigenvalue weighted by Crippen LogP contribution is -2.51. The summed E-state index contributed by atoms with van der Waals surface area (Å²) in [5, 5.41) is 3.37. The maximum Gasteiger partial charge on any atom is 0.411 e. The topological polar surface area (TPSA) is 146 Å². The first kappa shape index (κ1) is 34.4. The predicted octanol–water partition coefficient (Wildman–Crippen LogP) is 5.94. The highest BCUT2D eigenvalue weighted by molar-refractivity contribution is 6.32. The predicted molar refractivity (Wildman–Crippen MR) is 182 cm³/mol. The first-order chi connectivity index (χ1) is 24.0. The highest BCUT2D eigenvalue weighted by Crippen LogP contribution is 2.45. The van der Waals surface area contributed by atoms with Crippen LogP contribution in [0.15, 0.2) is 97.3 Å². The first-order valence-corrected chi connectivity index (χ1v) is 16.4. The third-order valence-corrected chi connectivity index (χ3v) is 8.60. The molecule has 0 aliphatic carbocycles. The standard InChI is InChI=1S/C37H35ClN4O8/c1-37(2,3)50-36(46)42-26(20-47-33(43)22-13-7-4-8-14-22)30(48-34(44)23-15-9-5-10-16-23)31(49-35(45)24-17-11-6-12-18-24)29(42)25-19-39-28-27(25)40-21-41-32(28)38/h4-18,21,25-26,29-31,39H,19-20H2,1-3H3/t25?,26-,29+,30-,31+/m1/s1. The number of fused-ring (bicyclic) bond motifs is 1. The van der Waals surface area contributed by atoms with Crippen LogP contribution in [-0.4, -0.2) is 81.9 Å². The fourth-order valence-electron chi connectivity index (χ4n) is 6.17. The van der Waals surface area contributed by atoms with Gasteiger partial charge in [-0.1, -0.05) is 66.2 Å². The Balaban J connectivity index is 1.48. The summed E-state index contributed by atoms with van der Waals surface area (Å²) >= 11 is 6.43. The minimum atomic E-state index is -1.34. The molecule has 13 heteroatoms. The lowest BCUT2D eigenvalue weighted by Gasteiger charge is -2.35. The molecule has 258 valence electrons. The van der Waals surface area contributed by atoms with Crippen LogP contribution in [0.1, 0.15) is 63.5 Å². The Bertz CT molecular complexity index is 1860. The van der Waals surface area contributed by atoms with Gasteiger partial charge in [0.1, 0.15) is 24.6 Å². The molecule has 1 amide bonds. The summed E-state index contributed by atoms with van der Waals surface area (Å²) in [7, 11) is 0. The molecular weight excluding hydrogens is 664 g/mol. The van der Waals surface area contributed by atoms with Gasteiger partial charge in [-0.3, -0.25) is 4.90 Å². The van der Waals surface area contributed by atoms with Crippen LogP contribution in [0, 0.1) is 0 Å². The third-order valence-electron chi connectivity index (χ3n) is 8.31. The van der Waals surface area contributed by atoms with Gasteiger partial charge in [-0.15, -0.1) is 0 Å². The Hall–Kier alpha value is -5.49. The molecule has 1 unspecified atom stereocenters. The van der Waals surface area contributed by atoms with E-state index in [1.807, 2.05) is 0 Å². The van der Waals surface area contributed by atoms with Gasteiger partial charge < -0.3 is 24.3 Å². The maximum absolute atomic E-state index is 14.3. The number of anilines is 1. The number of rotatable bonds is 8. The summed E-state index contributed by atoms with van der Waals surface area (Å²) in [6, 6.07) is 22.7. The number of benzene rings is 3. The third kappa shape index (κ3) is 7.40. The van der Waals surface area contributed by atoms with Gasteiger partial charge in [-0.2, -0.15) is 0 Å². The molecule has 1 fully saturated rings. The molecule has 2 aliphatic rings. The largest absolute Gasteiger partial charge is 0.460 e. The Labute approximate surface area is 293 Å². The Morgan fingerprint density at radius 1 is 0.780 bits per heavy atom. The van der Waals surface area contributed by atoms with Crippen LogP contribution in [0.4, 0.5) is 10.5 Å². The Morgan fingerprint density at radius 3 is 1.84 bits per heavy atom. The van der Waals surface area contributed by atoms with E-state index >= 15 is 0 Å². The number of carbonyl (C=O) groups is 4. The van der Waals surface area contributed by atoms with Crippen LogP contribution < -0.4 is 5.32 Å². The van der Waals surface area contributed by atoms with Gasteiger partial charge in [-0.25, -0.2) is 29.1 Å². The van der Waals surface area contributed by atoms with Gasteiger partial charge in [0, 0.05) is 12.5 Å². The Kier molecular flexibility index (Phi) is 10.0. The summed E-state index contributed by atoms with van der Waals surface area (Å²) in [5.41, 5.74) is 0.681. The van der Waals surface area contributed by atoms with E-state index in [1.54, 1.807) is 112 Å². The molecule has 1 saturated heterocycles. The highest BCUT2D eigenvalue weighted by Gasteiger charge is 2.60. The van der Waals surface area contributed by atoms with Crippen molar-refractivity contribution in [3.63, 3.8) is 0 Å². The highest BCUT2D eigenvalue weighted by atomic mass is 35.5. The zero-order valence-electron chi connectivity index (χ0n) is 27.5. The second-order valence-corrected chi connectivity index (χ2v) is 13.2. The van der Waals surface area contributed by atoms with Crippen molar-refractivity contribution in [2.75, 3.05) is 18.5 Å². The zero-order valence-corrected chi connectivity index (χ0v) is 28.3. The van der Waals surface area contributed by atoms with Crippen molar-refractivity contribution in [1.29, 1.82) is 0 Å². The van der Waals surface area contributed by atoms with E-state index in [9.17, 15) is 19.2 Å². The number of amides is 1. The molecule has 50 heavy (non-hydrogen) atoms. The van der Waals surface area contributed by atoms with Crippen molar-refractivity contribution in [3.05, 3.63) is 125 Å². The SMILES string of the molecule is CC(C)(C)OC(=O)N1[C@H](COC(=O)c2ccccc2)[C@@H](OC(=O)c2ccccc2)[C@@H](OC(=O)c2ccccc2)[C@@H]1C1CNc2c(Cl)ncnc21. The number of nitrogens with one attached hydrogen (secondary N) is 1. The molecule has 0 spiro atoms. The van der Waals surface area contributed by atoms with Crippen LogP contribution in [0.25, 0.3) is 0 Å². The summed E-state index contributed by atoms with van der Waals surface area (Å²) in [4.78, 5) is 65.0. The minimum Gasteiger partial charge on any atom is -0.460 e. The van der Waals surface area contributed by atoms with Crippen LogP contribution >= 0.6 is 11.6 Å². The number of esters is 3. The summed E-state index contributed by atoms with van der Waals surface area (Å²) in [5.74, 6) is -2.80. The average molecular weight is 699 g/mol. The molecule has 2 aliphatic heterocycles. The van der Waals surface area contributed by atoms with E-state index < -0.39 is 66.4 Å². The summed E-state index contributed by atoms with van der Waals surface area (Å²) < 4.78 is 24.1. The number of hydrogen-bond donors (Lipinski definition) is 1. The number of likely N-dealkylation sites (tertiary alicyclic amines) is 1. The van der Waals surface area contributed by atoms with Gasteiger partial charge >= 0.3 is 24.0 Å². The molecule has 1 N–H and O–H groups in total.